The number of hydrogen-bond donors (Lipinski definition) is 2. The molecule has 2 rings (SSSR count). The smallest absolute Gasteiger partial charge is 0.337 e. The van der Waals surface area contributed by atoms with E-state index in [9.17, 15) is 14.7 Å². The fourth-order valence-electron chi connectivity index (χ4n) is 2.49. The van der Waals surface area contributed by atoms with E-state index in [1.807, 2.05) is 13.8 Å². The SMILES string of the molecule is CC1(C)CCCN1C(=O)Nc1c(Br)cccc1C(=O)O. The molecule has 0 saturated carbocycles. The molecule has 0 bridgehead atoms. The Morgan fingerprint density at radius 1 is 1.40 bits per heavy atom. The van der Waals surface area contributed by atoms with Crippen molar-refractivity contribution < 1.29 is 14.7 Å². The first kappa shape index (κ1) is 14.8. The molecule has 0 aliphatic carbocycles. The number of carbonyl (C=O) groups excluding carboxylic acids is 1. The first-order valence-corrected chi connectivity index (χ1v) is 7.22. The normalized spacial score (nSPS) is 17.1. The maximum Gasteiger partial charge on any atom is 0.337 e. The van der Waals surface area contributed by atoms with Crippen molar-refractivity contribution in [1.29, 1.82) is 0 Å². The number of para-hydroxylation sites is 1. The fraction of sp³-hybridized carbons (Fsp3) is 0.429. The highest BCUT2D eigenvalue weighted by Gasteiger charge is 2.35. The number of halogens is 1. The molecule has 0 radical (unpaired) electrons. The summed E-state index contributed by atoms with van der Waals surface area (Å²) >= 11 is 3.28. The summed E-state index contributed by atoms with van der Waals surface area (Å²) in [6.45, 7) is 4.71. The quantitative estimate of drug-likeness (QED) is 0.864. The number of amides is 2. The van der Waals surface area contributed by atoms with Crippen LogP contribution in [0.1, 0.15) is 37.0 Å². The topological polar surface area (TPSA) is 69.6 Å². The maximum absolute atomic E-state index is 12.4. The number of likely N-dealkylation sites (tertiary alicyclic amines) is 1. The zero-order chi connectivity index (χ0) is 14.9. The number of nitrogens with one attached hydrogen (secondary N) is 1. The predicted octanol–water partition coefficient (Wildman–Crippen LogP) is 3.55. The van der Waals surface area contributed by atoms with E-state index in [0.29, 0.717) is 16.7 Å². The molecular weight excluding hydrogens is 324 g/mol. The molecule has 1 saturated heterocycles. The highest BCUT2D eigenvalue weighted by Crippen LogP contribution is 2.31. The molecule has 0 atom stereocenters. The van der Waals surface area contributed by atoms with Gasteiger partial charge in [0.1, 0.15) is 0 Å². The summed E-state index contributed by atoms with van der Waals surface area (Å²) in [5.74, 6) is -1.07. The van der Waals surface area contributed by atoms with E-state index in [1.54, 1.807) is 17.0 Å². The number of rotatable bonds is 2. The Balaban J connectivity index is 2.26. The molecule has 2 N–H and O–H groups in total. The summed E-state index contributed by atoms with van der Waals surface area (Å²) in [5.41, 5.74) is 0.173. The Labute approximate surface area is 126 Å². The Morgan fingerprint density at radius 2 is 2.10 bits per heavy atom. The third-order valence-electron chi connectivity index (χ3n) is 3.62. The van der Waals surface area contributed by atoms with E-state index in [1.165, 1.54) is 6.07 Å². The number of carboxylic acid groups (broad SMARTS) is 1. The van der Waals surface area contributed by atoms with E-state index in [4.69, 9.17) is 0 Å². The summed E-state index contributed by atoms with van der Waals surface area (Å²) < 4.78 is 0.558. The van der Waals surface area contributed by atoms with E-state index in [2.05, 4.69) is 21.2 Å². The van der Waals surface area contributed by atoms with Crippen LogP contribution in [0.15, 0.2) is 22.7 Å². The van der Waals surface area contributed by atoms with Gasteiger partial charge in [-0.25, -0.2) is 9.59 Å². The number of carbonyl (C=O) groups is 2. The monoisotopic (exact) mass is 340 g/mol. The molecule has 0 unspecified atom stereocenters. The average molecular weight is 341 g/mol. The Morgan fingerprint density at radius 3 is 2.65 bits per heavy atom. The van der Waals surface area contributed by atoms with Crippen molar-refractivity contribution in [3.05, 3.63) is 28.2 Å². The van der Waals surface area contributed by atoms with E-state index in [-0.39, 0.29) is 17.1 Å². The second kappa shape index (κ2) is 5.44. The van der Waals surface area contributed by atoms with Crippen LogP contribution < -0.4 is 5.32 Å². The van der Waals surface area contributed by atoms with Gasteiger partial charge in [0.15, 0.2) is 0 Å². The van der Waals surface area contributed by atoms with Gasteiger partial charge in [-0.3, -0.25) is 0 Å². The lowest BCUT2D eigenvalue weighted by Crippen LogP contribution is -2.45. The van der Waals surface area contributed by atoms with Gasteiger partial charge in [0.2, 0.25) is 0 Å². The van der Waals surface area contributed by atoms with Crippen LogP contribution in [0.3, 0.4) is 0 Å². The van der Waals surface area contributed by atoms with Gasteiger partial charge >= 0.3 is 12.0 Å². The molecule has 5 nitrogen and oxygen atoms in total. The van der Waals surface area contributed by atoms with Crippen molar-refractivity contribution in [3.8, 4) is 0 Å². The van der Waals surface area contributed by atoms with E-state index in [0.717, 1.165) is 12.8 Å². The Kier molecular flexibility index (Phi) is 4.04. The standard InChI is InChI=1S/C14H17BrN2O3/c1-14(2)7-4-8-17(14)13(20)16-11-9(12(18)19)5-3-6-10(11)15/h3,5-6H,4,7-8H2,1-2H3,(H,16,20)(H,18,19). The average Bonchev–Trinajstić information content (AvgIpc) is 2.71. The number of nitrogens with zero attached hydrogens (tertiary/aromatic N) is 1. The fourth-order valence-corrected chi connectivity index (χ4v) is 2.95. The molecular formula is C14H17BrN2O3. The highest BCUT2D eigenvalue weighted by molar-refractivity contribution is 9.10. The zero-order valence-corrected chi connectivity index (χ0v) is 13.0. The number of carboxylic acids is 1. The second-order valence-corrected chi connectivity index (χ2v) is 6.32. The summed E-state index contributed by atoms with van der Waals surface area (Å²) in [7, 11) is 0. The van der Waals surface area contributed by atoms with Gasteiger partial charge in [0.25, 0.3) is 0 Å². The molecule has 108 valence electrons. The van der Waals surface area contributed by atoms with Crippen LogP contribution in [-0.4, -0.2) is 34.1 Å². The van der Waals surface area contributed by atoms with Crippen molar-refractivity contribution >= 4 is 33.6 Å². The summed E-state index contributed by atoms with van der Waals surface area (Å²) in [6, 6.07) is 4.54. The molecule has 1 fully saturated rings. The highest BCUT2D eigenvalue weighted by atomic mass is 79.9. The molecule has 1 aromatic rings. The first-order valence-electron chi connectivity index (χ1n) is 6.43. The van der Waals surface area contributed by atoms with Gasteiger partial charge in [-0.05, 0) is 54.8 Å². The van der Waals surface area contributed by atoms with Crippen LogP contribution in [0.5, 0.6) is 0 Å². The van der Waals surface area contributed by atoms with Gasteiger partial charge in [0, 0.05) is 16.6 Å². The lowest BCUT2D eigenvalue weighted by Gasteiger charge is -2.31. The molecule has 1 aliphatic heterocycles. The minimum absolute atomic E-state index is 0.0738. The van der Waals surface area contributed by atoms with Crippen LogP contribution >= 0.6 is 15.9 Å². The molecule has 6 heteroatoms. The number of benzene rings is 1. The number of hydrogen-bond acceptors (Lipinski definition) is 2. The summed E-state index contributed by atoms with van der Waals surface area (Å²) in [6.07, 6.45) is 1.91. The van der Waals surface area contributed by atoms with Crippen molar-refractivity contribution in [1.82, 2.24) is 4.90 Å². The van der Waals surface area contributed by atoms with Gasteiger partial charge in [-0.1, -0.05) is 6.07 Å². The molecule has 0 aromatic heterocycles. The van der Waals surface area contributed by atoms with Crippen LogP contribution in [-0.2, 0) is 0 Å². The molecule has 1 heterocycles. The van der Waals surface area contributed by atoms with E-state index < -0.39 is 5.97 Å². The van der Waals surface area contributed by atoms with Crippen molar-refractivity contribution in [2.75, 3.05) is 11.9 Å². The molecule has 1 aromatic carbocycles. The molecule has 2 amide bonds. The van der Waals surface area contributed by atoms with Gasteiger partial charge in [0.05, 0.1) is 11.3 Å². The third-order valence-corrected chi connectivity index (χ3v) is 4.28. The lowest BCUT2D eigenvalue weighted by molar-refractivity contribution is 0.0698. The number of aromatic carboxylic acids is 1. The predicted molar refractivity (Wildman–Crippen MR) is 80.1 cm³/mol. The van der Waals surface area contributed by atoms with Crippen LogP contribution in [0, 0.1) is 0 Å². The van der Waals surface area contributed by atoms with Gasteiger partial charge in [-0.2, -0.15) is 0 Å². The van der Waals surface area contributed by atoms with Gasteiger partial charge < -0.3 is 15.3 Å². The van der Waals surface area contributed by atoms with Crippen molar-refractivity contribution in [2.45, 2.75) is 32.2 Å². The van der Waals surface area contributed by atoms with Gasteiger partial charge in [-0.15, -0.1) is 0 Å². The summed E-state index contributed by atoms with van der Waals surface area (Å²) in [4.78, 5) is 25.3. The lowest BCUT2D eigenvalue weighted by atomic mass is 10.0. The third kappa shape index (κ3) is 2.80. The Hall–Kier alpha value is -1.56. The van der Waals surface area contributed by atoms with Crippen LogP contribution in [0.2, 0.25) is 0 Å². The van der Waals surface area contributed by atoms with E-state index >= 15 is 0 Å². The minimum atomic E-state index is -1.07. The van der Waals surface area contributed by atoms with Crippen molar-refractivity contribution in [3.63, 3.8) is 0 Å². The number of urea groups is 1. The largest absolute Gasteiger partial charge is 0.478 e. The van der Waals surface area contributed by atoms with Crippen LogP contribution in [0.25, 0.3) is 0 Å². The molecule has 20 heavy (non-hydrogen) atoms. The zero-order valence-electron chi connectivity index (χ0n) is 11.4. The maximum atomic E-state index is 12.4. The minimum Gasteiger partial charge on any atom is -0.478 e. The first-order chi connectivity index (χ1) is 9.33. The second-order valence-electron chi connectivity index (χ2n) is 5.47. The summed E-state index contributed by atoms with van der Waals surface area (Å²) in [5, 5.41) is 11.9. The molecule has 0 spiro atoms. The van der Waals surface area contributed by atoms with Crippen molar-refractivity contribution in [2.24, 2.45) is 0 Å². The molecule has 1 aliphatic rings. The number of anilines is 1. The van der Waals surface area contributed by atoms with Crippen LogP contribution in [0.4, 0.5) is 10.5 Å². The Bertz CT molecular complexity index is 557.